The molecule has 0 radical (unpaired) electrons. The standard InChI is InChI=1S/C14H22N4O6S/c19-13(16-12-8-1-2-9(12)6-15-5-8)11-4-3-10-7-17(11)14(20)18(10)24-25(21,22)23/h8-12,15H,1-7H2,(H,16,19)(H,21,22,23)/t8?,9?,10-,11-,12?/m1/s1. The Morgan fingerprint density at radius 1 is 1.20 bits per heavy atom. The van der Waals surface area contributed by atoms with E-state index >= 15 is 0 Å². The third-order valence-electron chi connectivity index (χ3n) is 5.85. The van der Waals surface area contributed by atoms with Crippen molar-refractivity contribution in [2.24, 2.45) is 11.8 Å². The summed E-state index contributed by atoms with van der Waals surface area (Å²) in [5.74, 6) is 0.657. The van der Waals surface area contributed by atoms with Crippen molar-refractivity contribution < 1.29 is 26.8 Å². The van der Waals surface area contributed by atoms with Crippen molar-refractivity contribution >= 4 is 22.3 Å². The summed E-state index contributed by atoms with van der Waals surface area (Å²) >= 11 is 0. The summed E-state index contributed by atoms with van der Waals surface area (Å²) in [7, 11) is -4.77. The average Bonchev–Trinajstić information content (AvgIpc) is 2.90. The Balaban J connectivity index is 1.44. The van der Waals surface area contributed by atoms with Gasteiger partial charge in [-0.15, -0.1) is 4.28 Å². The van der Waals surface area contributed by atoms with Crippen molar-refractivity contribution in [3.8, 4) is 0 Å². The SMILES string of the molecule is O=C(NC1C2CCC1CNC2)[C@H]1CC[C@@H]2CN1C(=O)N2OS(=O)(=O)O. The Morgan fingerprint density at radius 2 is 1.88 bits per heavy atom. The van der Waals surface area contributed by atoms with Crippen LogP contribution in [0.25, 0.3) is 0 Å². The minimum absolute atomic E-state index is 0.134. The number of piperidine rings is 2. The quantitative estimate of drug-likeness (QED) is 0.544. The van der Waals surface area contributed by atoms with Crippen molar-refractivity contribution in [2.75, 3.05) is 19.6 Å². The number of carbonyl (C=O) groups excluding carboxylic acids is 2. The lowest BCUT2D eigenvalue weighted by Crippen LogP contribution is -2.57. The Morgan fingerprint density at radius 3 is 2.52 bits per heavy atom. The second kappa shape index (κ2) is 6.08. The summed E-state index contributed by atoms with van der Waals surface area (Å²) in [6.45, 7) is 2.01. The van der Waals surface area contributed by atoms with E-state index < -0.39 is 28.5 Å². The molecule has 1 saturated carbocycles. The monoisotopic (exact) mass is 374 g/mol. The predicted molar refractivity (Wildman–Crippen MR) is 84.4 cm³/mol. The van der Waals surface area contributed by atoms with Crippen molar-refractivity contribution in [1.82, 2.24) is 20.6 Å². The Bertz CT molecular complexity index is 669. The number of hydrogen-bond donors (Lipinski definition) is 3. The molecule has 10 nitrogen and oxygen atoms in total. The molecule has 1 aliphatic carbocycles. The number of carbonyl (C=O) groups is 2. The number of amides is 3. The molecule has 4 aliphatic rings. The minimum Gasteiger partial charge on any atom is -0.351 e. The van der Waals surface area contributed by atoms with Gasteiger partial charge in [0.25, 0.3) is 0 Å². The van der Waals surface area contributed by atoms with Crippen LogP contribution in [0.5, 0.6) is 0 Å². The van der Waals surface area contributed by atoms with Gasteiger partial charge in [-0.1, -0.05) is 0 Å². The summed E-state index contributed by atoms with van der Waals surface area (Å²) < 4.78 is 35.0. The molecule has 3 heterocycles. The first-order chi connectivity index (χ1) is 11.8. The molecular formula is C14H22N4O6S. The maximum atomic E-state index is 12.8. The fourth-order valence-corrected chi connectivity index (χ4v) is 5.07. The van der Waals surface area contributed by atoms with Gasteiger partial charge in [0.15, 0.2) is 0 Å². The molecule has 0 aromatic rings. The molecule has 0 spiro atoms. The minimum atomic E-state index is -4.77. The van der Waals surface area contributed by atoms with E-state index in [0.29, 0.717) is 29.7 Å². The maximum Gasteiger partial charge on any atom is 0.418 e. The van der Waals surface area contributed by atoms with Gasteiger partial charge in [-0.25, -0.2) is 4.79 Å². The second-order valence-corrected chi connectivity index (χ2v) is 8.30. The first kappa shape index (κ1) is 17.0. The van der Waals surface area contributed by atoms with E-state index in [1.54, 1.807) is 0 Å². The number of hydroxylamine groups is 2. The number of fused-ring (bicyclic) bond motifs is 4. The number of urea groups is 1. The molecule has 4 rings (SSSR count). The van der Waals surface area contributed by atoms with Crippen LogP contribution in [-0.2, 0) is 19.5 Å². The Kier molecular flexibility index (Phi) is 4.13. The van der Waals surface area contributed by atoms with Crippen LogP contribution < -0.4 is 10.6 Å². The highest BCUT2D eigenvalue weighted by Crippen LogP contribution is 2.35. The molecule has 11 heteroatoms. The molecule has 140 valence electrons. The third kappa shape index (κ3) is 3.09. The molecule has 3 amide bonds. The normalized spacial score (nSPS) is 37.5. The van der Waals surface area contributed by atoms with Gasteiger partial charge in [0.05, 0.1) is 6.04 Å². The van der Waals surface area contributed by atoms with E-state index in [1.807, 2.05) is 0 Å². The summed E-state index contributed by atoms with van der Waals surface area (Å²) in [6, 6.07) is -1.68. The maximum absolute atomic E-state index is 12.8. The molecule has 0 aromatic heterocycles. The lowest BCUT2D eigenvalue weighted by molar-refractivity contribution is -0.127. The fourth-order valence-electron chi connectivity index (χ4n) is 4.68. The van der Waals surface area contributed by atoms with Crippen LogP contribution in [0.4, 0.5) is 4.79 Å². The van der Waals surface area contributed by atoms with Crippen molar-refractivity contribution in [3.05, 3.63) is 0 Å². The molecule has 2 unspecified atom stereocenters. The van der Waals surface area contributed by atoms with Crippen LogP contribution in [0.2, 0.25) is 0 Å². The van der Waals surface area contributed by atoms with Gasteiger partial charge in [-0.3, -0.25) is 9.35 Å². The zero-order chi connectivity index (χ0) is 17.8. The van der Waals surface area contributed by atoms with Gasteiger partial charge in [-0.2, -0.15) is 13.5 Å². The number of nitrogens with one attached hydrogen (secondary N) is 2. The average molecular weight is 374 g/mol. The van der Waals surface area contributed by atoms with E-state index in [-0.39, 0.29) is 18.5 Å². The molecule has 0 aromatic carbocycles. The van der Waals surface area contributed by atoms with E-state index in [1.165, 1.54) is 4.90 Å². The molecule has 3 aliphatic heterocycles. The molecular weight excluding hydrogens is 352 g/mol. The largest absolute Gasteiger partial charge is 0.418 e. The van der Waals surface area contributed by atoms with Crippen LogP contribution in [0, 0.1) is 11.8 Å². The van der Waals surface area contributed by atoms with Gasteiger partial charge in [0, 0.05) is 12.6 Å². The first-order valence-electron chi connectivity index (χ1n) is 8.61. The van der Waals surface area contributed by atoms with Crippen LogP contribution >= 0.6 is 0 Å². The third-order valence-corrected chi connectivity index (χ3v) is 6.19. The summed E-state index contributed by atoms with van der Waals surface area (Å²) in [4.78, 5) is 26.5. The smallest absolute Gasteiger partial charge is 0.351 e. The molecule has 4 atom stereocenters. The summed E-state index contributed by atoms with van der Waals surface area (Å²) in [5, 5.41) is 7.15. The van der Waals surface area contributed by atoms with Gasteiger partial charge in [0.1, 0.15) is 6.04 Å². The van der Waals surface area contributed by atoms with Crippen LogP contribution in [0.1, 0.15) is 25.7 Å². The van der Waals surface area contributed by atoms with Gasteiger partial charge >= 0.3 is 16.4 Å². The number of nitrogens with zero attached hydrogens (tertiary/aromatic N) is 2. The molecule has 3 N–H and O–H groups in total. The Labute approximate surface area is 145 Å². The van der Waals surface area contributed by atoms with Crippen LogP contribution in [0.15, 0.2) is 0 Å². The topological polar surface area (TPSA) is 128 Å². The highest BCUT2D eigenvalue weighted by Gasteiger charge is 2.50. The fraction of sp³-hybridized carbons (Fsp3) is 0.857. The van der Waals surface area contributed by atoms with E-state index in [2.05, 4.69) is 14.9 Å². The van der Waals surface area contributed by atoms with Gasteiger partial charge in [0.2, 0.25) is 5.91 Å². The molecule has 4 bridgehead atoms. The lowest BCUT2D eigenvalue weighted by Gasteiger charge is -2.35. The number of rotatable bonds is 4. The van der Waals surface area contributed by atoms with Gasteiger partial charge in [-0.05, 0) is 50.6 Å². The van der Waals surface area contributed by atoms with Crippen molar-refractivity contribution in [1.29, 1.82) is 0 Å². The number of hydrogen-bond acceptors (Lipinski definition) is 6. The highest BCUT2D eigenvalue weighted by molar-refractivity contribution is 7.80. The molecule has 3 saturated heterocycles. The second-order valence-electron chi connectivity index (χ2n) is 7.30. The van der Waals surface area contributed by atoms with E-state index in [4.69, 9.17) is 4.55 Å². The summed E-state index contributed by atoms with van der Waals surface area (Å²) in [5.41, 5.74) is 0. The molecule has 25 heavy (non-hydrogen) atoms. The predicted octanol–water partition coefficient (Wildman–Crippen LogP) is -0.896. The molecule has 4 fully saturated rings. The van der Waals surface area contributed by atoms with Crippen molar-refractivity contribution in [2.45, 2.75) is 43.8 Å². The Hall–Kier alpha value is -1.43. The lowest BCUT2D eigenvalue weighted by atomic mass is 9.92. The van der Waals surface area contributed by atoms with Gasteiger partial charge < -0.3 is 15.5 Å². The first-order valence-corrected chi connectivity index (χ1v) is 9.98. The highest BCUT2D eigenvalue weighted by atomic mass is 32.3. The zero-order valence-corrected chi connectivity index (χ0v) is 14.4. The van der Waals surface area contributed by atoms with Crippen molar-refractivity contribution in [3.63, 3.8) is 0 Å². The van der Waals surface area contributed by atoms with Crippen LogP contribution in [0.3, 0.4) is 0 Å². The summed E-state index contributed by atoms with van der Waals surface area (Å²) in [6.07, 6.45) is 3.06. The van der Waals surface area contributed by atoms with E-state index in [0.717, 1.165) is 25.9 Å². The zero-order valence-electron chi connectivity index (χ0n) is 13.6. The van der Waals surface area contributed by atoms with Crippen LogP contribution in [-0.4, -0.2) is 72.6 Å². The van der Waals surface area contributed by atoms with E-state index in [9.17, 15) is 18.0 Å².